The highest BCUT2D eigenvalue weighted by Gasteiger charge is 2.34. The zero-order valence-electron chi connectivity index (χ0n) is 18.7. The Hall–Kier alpha value is -2.86. The number of aliphatic hydroxyl groups excluding tert-OH is 1. The number of hydrogen-bond donors (Lipinski definition) is 2. The van der Waals surface area contributed by atoms with Gasteiger partial charge in [-0.2, -0.15) is 0 Å². The van der Waals surface area contributed by atoms with E-state index < -0.39 is 22.2 Å². The van der Waals surface area contributed by atoms with E-state index >= 15 is 0 Å². The van der Waals surface area contributed by atoms with Crippen molar-refractivity contribution in [2.75, 3.05) is 13.7 Å². The third kappa shape index (κ3) is 5.61. The standard InChI is InChI=1S/C23H27FN4O5S/c1-32-16-6-9-18(10-7-16)34(30,31)26-21-11-8-17(33-23(21)15-29)12-13-28-14-22(25-27-28)19-4-2-3-5-20(19)24/h2-7,9-10,14,17,21,23,26,29H,8,11-13,15H2,1H3/t17-,21-,23+/m0/s1. The number of sulfonamides is 1. The third-order valence-electron chi connectivity index (χ3n) is 5.84. The van der Waals surface area contributed by atoms with Crippen molar-refractivity contribution in [3.05, 3.63) is 60.5 Å². The lowest BCUT2D eigenvalue weighted by Crippen LogP contribution is -2.50. The van der Waals surface area contributed by atoms with E-state index in [0.29, 0.717) is 42.8 Å². The fourth-order valence-corrected chi connectivity index (χ4v) is 5.28. The van der Waals surface area contributed by atoms with Crippen LogP contribution in [0.4, 0.5) is 4.39 Å². The lowest BCUT2D eigenvalue weighted by molar-refractivity contribution is -0.0891. The van der Waals surface area contributed by atoms with E-state index in [9.17, 15) is 17.9 Å². The molecule has 0 radical (unpaired) electrons. The number of nitrogens with zero attached hydrogens (tertiary/aromatic N) is 3. The largest absolute Gasteiger partial charge is 0.497 e. The molecule has 0 spiro atoms. The predicted octanol–water partition coefficient (Wildman–Crippen LogP) is 2.37. The van der Waals surface area contributed by atoms with E-state index in [1.165, 1.54) is 25.3 Å². The summed E-state index contributed by atoms with van der Waals surface area (Å²) in [6, 6.07) is 11.9. The van der Waals surface area contributed by atoms with E-state index in [2.05, 4.69) is 15.0 Å². The molecule has 1 aliphatic rings. The zero-order valence-corrected chi connectivity index (χ0v) is 19.5. The van der Waals surface area contributed by atoms with Crippen molar-refractivity contribution < 1.29 is 27.4 Å². The molecular weight excluding hydrogens is 463 g/mol. The second-order valence-corrected chi connectivity index (χ2v) is 9.81. The SMILES string of the molecule is COc1ccc(S(=O)(=O)N[C@H]2CC[C@@H](CCn3cc(-c4ccccc4F)nn3)O[C@@H]2CO)cc1. The van der Waals surface area contributed by atoms with Crippen molar-refractivity contribution >= 4 is 10.0 Å². The van der Waals surface area contributed by atoms with Crippen LogP contribution in [-0.2, 0) is 21.3 Å². The summed E-state index contributed by atoms with van der Waals surface area (Å²) in [5.74, 6) is 0.198. The fourth-order valence-electron chi connectivity index (χ4n) is 3.98. The third-order valence-corrected chi connectivity index (χ3v) is 7.35. The highest BCUT2D eigenvalue weighted by molar-refractivity contribution is 7.89. The molecule has 0 bridgehead atoms. The average Bonchev–Trinajstić information content (AvgIpc) is 3.32. The van der Waals surface area contributed by atoms with Gasteiger partial charge in [-0.3, -0.25) is 4.68 Å². The first kappa shape index (κ1) is 24.3. The van der Waals surface area contributed by atoms with Crippen LogP contribution in [0.2, 0.25) is 0 Å². The molecule has 0 unspecified atom stereocenters. The van der Waals surface area contributed by atoms with Crippen LogP contribution in [0.5, 0.6) is 5.75 Å². The molecule has 11 heteroatoms. The maximum absolute atomic E-state index is 14.0. The lowest BCUT2D eigenvalue weighted by atomic mass is 9.98. The number of hydrogen-bond acceptors (Lipinski definition) is 7. The Labute approximate surface area is 197 Å². The Morgan fingerprint density at radius 2 is 1.97 bits per heavy atom. The number of nitrogens with one attached hydrogen (secondary N) is 1. The maximum Gasteiger partial charge on any atom is 0.240 e. The molecule has 2 N–H and O–H groups in total. The van der Waals surface area contributed by atoms with Crippen molar-refractivity contribution in [2.45, 2.75) is 49.0 Å². The molecule has 2 heterocycles. The first-order chi connectivity index (χ1) is 16.4. The number of ether oxygens (including phenoxy) is 2. The monoisotopic (exact) mass is 490 g/mol. The molecule has 1 aliphatic heterocycles. The molecule has 1 saturated heterocycles. The van der Waals surface area contributed by atoms with Crippen molar-refractivity contribution in [1.82, 2.24) is 19.7 Å². The molecule has 2 aromatic carbocycles. The average molecular weight is 491 g/mol. The van der Waals surface area contributed by atoms with Gasteiger partial charge in [-0.1, -0.05) is 17.3 Å². The van der Waals surface area contributed by atoms with E-state index in [1.54, 1.807) is 41.2 Å². The van der Waals surface area contributed by atoms with E-state index in [4.69, 9.17) is 9.47 Å². The summed E-state index contributed by atoms with van der Waals surface area (Å²) in [6.07, 6.45) is 2.55. The van der Waals surface area contributed by atoms with Crippen molar-refractivity contribution in [2.24, 2.45) is 0 Å². The number of benzene rings is 2. The molecule has 3 atom stereocenters. The molecular formula is C23H27FN4O5S. The molecule has 0 saturated carbocycles. The predicted molar refractivity (Wildman–Crippen MR) is 122 cm³/mol. The van der Waals surface area contributed by atoms with Crippen LogP contribution in [0.1, 0.15) is 19.3 Å². The second-order valence-electron chi connectivity index (χ2n) is 8.10. The van der Waals surface area contributed by atoms with Gasteiger partial charge in [-0.15, -0.1) is 5.10 Å². The highest BCUT2D eigenvalue weighted by atomic mass is 32.2. The second kappa shape index (κ2) is 10.6. The maximum atomic E-state index is 14.0. The molecule has 0 aliphatic carbocycles. The number of aromatic nitrogens is 3. The number of rotatable bonds is 9. The summed E-state index contributed by atoms with van der Waals surface area (Å²) >= 11 is 0. The van der Waals surface area contributed by atoms with Gasteiger partial charge in [0, 0.05) is 12.1 Å². The molecule has 9 nitrogen and oxygen atoms in total. The Balaban J connectivity index is 1.33. The van der Waals surface area contributed by atoms with Gasteiger partial charge in [0.25, 0.3) is 0 Å². The van der Waals surface area contributed by atoms with Crippen LogP contribution in [0.25, 0.3) is 11.3 Å². The Kier molecular flexibility index (Phi) is 7.57. The minimum Gasteiger partial charge on any atom is -0.497 e. The molecule has 182 valence electrons. The van der Waals surface area contributed by atoms with Crippen LogP contribution in [-0.4, -0.2) is 60.5 Å². The van der Waals surface area contributed by atoms with Crippen molar-refractivity contribution in [3.63, 3.8) is 0 Å². The summed E-state index contributed by atoms with van der Waals surface area (Å²) in [6.45, 7) is 0.180. The van der Waals surface area contributed by atoms with Gasteiger partial charge < -0.3 is 14.6 Å². The Morgan fingerprint density at radius 3 is 2.68 bits per heavy atom. The molecule has 34 heavy (non-hydrogen) atoms. The number of aliphatic hydroxyl groups is 1. The van der Waals surface area contributed by atoms with Crippen LogP contribution >= 0.6 is 0 Å². The fraction of sp³-hybridized carbons (Fsp3) is 0.391. The molecule has 3 aromatic rings. The van der Waals surface area contributed by atoms with Gasteiger partial charge in [0.2, 0.25) is 10.0 Å². The van der Waals surface area contributed by atoms with E-state index in [-0.39, 0.29) is 23.4 Å². The topological polar surface area (TPSA) is 116 Å². The van der Waals surface area contributed by atoms with Gasteiger partial charge in [-0.05, 0) is 55.7 Å². The number of aryl methyl sites for hydroxylation is 1. The van der Waals surface area contributed by atoms with Gasteiger partial charge >= 0.3 is 0 Å². The summed E-state index contributed by atoms with van der Waals surface area (Å²) < 4.78 is 54.8. The molecule has 1 aromatic heterocycles. The van der Waals surface area contributed by atoms with Crippen LogP contribution in [0.3, 0.4) is 0 Å². The zero-order chi connectivity index (χ0) is 24.1. The smallest absolute Gasteiger partial charge is 0.240 e. The van der Waals surface area contributed by atoms with E-state index in [0.717, 1.165) is 0 Å². The summed E-state index contributed by atoms with van der Waals surface area (Å²) in [5.41, 5.74) is 0.832. The first-order valence-corrected chi connectivity index (χ1v) is 12.5. The first-order valence-electron chi connectivity index (χ1n) is 11.0. The molecule has 1 fully saturated rings. The minimum atomic E-state index is -3.78. The van der Waals surface area contributed by atoms with Crippen molar-refractivity contribution in [1.29, 1.82) is 0 Å². The molecule has 4 rings (SSSR count). The van der Waals surface area contributed by atoms with Gasteiger partial charge in [0.15, 0.2) is 0 Å². The van der Waals surface area contributed by atoms with Crippen LogP contribution in [0, 0.1) is 5.82 Å². The summed E-state index contributed by atoms with van der Waals surface area (Å²) in [7, 11) is -2.27. The van der Waals surface area contributed by atoms with Gasteiger partial charge in [0.05, 0.1) is 43.1 Å². The highest BCUT2D eigenvalue weighted by Crippen LogP contribution is 2.25. The van der Waals surface area contributed by atoms with Crippen LogP contribution < -0.4 is 9.46 Å². The van der Waals surface area contributed by atoms with E-state index in [1.807, 2.05) is 0 Å². The number of halogens is 1. The van der Waals surface area contributed by atoms with Crippen molar-refractivity contribution in [3.8, 4) is 17.0 Å². The lowest BCUT2D eigenvalue weighted by Gasteiger charge is -2.36. The minimum absolute atomic E-state index is 0.115. The van der Waals surface area contributed by atoms with Gasteiger partial charge in [-0.25, -0.2) is 17.5 Å². The van der Waals surface area contributed by atoms with Crippen LogP contribution in [0.15, 0.2) is 59.6 Å². The van der Waals surface area contributed by atoms with Gasteiger partial charge in [0.1, 0.15) is 17.3 Å². The quantitative estimate of drug-likeness (QED) is 0.473. The summed E-state index contributed by atoms with van der Waals surface area (Å²) in [5, 5.41) is 17.9. The Bertz CT molecular complexity index is 1200. The molecule has 0 amide bonds. The summed E-state index contributed by atoms with van der Waals surface area (Å²) in [4.78, 5) is 0.115. The normalized spacial score (nSPS) is 20.9. The number of methoxy groups -OCH3 is 1. The Morgan fingerprint density at radius 1 is 1.21 bits per heavy atom.